The van der Waals surface area contributed by atoms with Gasteiger partial charge in [0, 0.05) is 11.3 Å². The summed E-state index contributed by atoms with van der Waals surface area (Å²) < 4.78 is 6.41. The van der Waals surface area contributed by atoms with Crippen molar-refractivity contribution in [2.24, 2.45) is 0 Å². The number of carbonyl (C=O) groups is 1. The van der Waals surface area contributed by atoms with E-state index in [1.807, 2.05) is 45.0 Å². The third kappa shape index (κ3) is 4.33. The molecule has 0 saturated heterocycles. The van der Waals surface area contributed by atoms with Gasteiger partial charge in [0.1, 0.15) is 5.75 Å². The highest BCUT2D eigenvalue weighted by molar-refractivity contribution is 9.10. The van der Waals surface area contributed by atoms with Gasteiger partial charge in [0.25, 0.3) is 5.91 Å². The average Bonchev–Trinajstić information content (AvgIpc) is 2.40. The number of rotatable bonds is 4. The largest absolute Gasteiger partial charge is 0.490 e. The fourth-order valence-corrected chi connectivity index (χ4v) is 2.39. The lowest BCUT2D eigenvalue weighted by molar-refractivity contribution is 0.102. The molecule has 0 aliphatic heterocycles. The number of ether oxygens (including phenoxy) is 1. The van der Waals surface area contributed by atoms with Crippen LogP contribution in [0.25, 0.3) is 0 Å². The fraction of sp³-hybridized carbons (Fsp3) is 0.235. The Balaban J connectivity index is 2.14. The highest BCUT2D eigenvalue weighted by atomic mass is 79.9. The minimum absolute atomic E-state index is 0.0910. The summed E-state index contributed by atoms with van der Waals surface area (Å²) in [4.78, 5) is 12.2. The predicted molar refractivity (Wildman–Crippen MR) is 89.0 cm³/mol. The van der Waals surface area contributed by atoms with Crippen molar-refractivity contribution in [3.05, 3.63) is 58.1 Å². The first-order chi connectivity index (χ1) is 9.95. The van der Waals surface area contributed by atoms with E-state index < -0.39 is 0 Å². The Kier molecular flexibility index (Phi) is 5.02. The molecule has 0 atom stereocenters. The third-order valence-corrected chi connectivity index (χ3v) is 3.45. The van der Waals surface area contributed by atoms with Crippen LogP contribution in [0.2, 0.25) is 0 Å². The maximum atomic E-state index is 12.2. The Labute approximate surface area is 133 Å². The lowest BCUT2D eigenvalue weighted by atomic mass is 10.2. The van der Waals surface area contributed by atoms with Crippen LogP contribution in [0, 0.1) is 6.92 Å². The standard InChI is InChI=1S/C17H18BrNO2/c1-11(2)21-16-8-7-13(10-15(16)18)17(20)19-14-6-4-5-12(3)9-14/h4-11H,1-3H3,(H,19,20). The molecule has 2 aromatic carbocycles. The summed E-state index contributed by atoms with van der Waals surface area (Å²) in [5, 5.41) is 2.89. The SMILES string of the molecule is Cc1cccc(NC(=O)c2ccc(OC(C)C)c(Br)c2)c1. The van der Waals surface area contributed by atoms with Crippen molar-refractivity contribution < 1.29 is 9.53 Å². The molecule has 4 heteroatoms. The molecule has 21 heavy (non-hydrogen) atoms. The van der Waals surface area contributed by atoms with Gasteiger partial charge in [-0.2, -0.15) is 0 Å². The van der Waals surface area contributed by atoms with Gasteiger partial charge in [0.15, 0.2) is 0 Å². The van der Waals surface area contributed by atoms with Gasteiger partial charge < -0.3 is 10.1 Å². The Bertz CT molecular complexity index is 653. The summed E-state index contributed by atoms with van der Waals surface area (Å²) in [6.45, 7) is 5.92. The van der Waals surface area contributed by atoms with E-state index in [-0.39, 0.29) is 12.0 Å². The zero-order chi connectivity index (χ0) is 15.4. The summed E-state index contributed by atoms with van der Waals surface area (Å²) in [7, 11) is 0. The molecule has 0 bridgehead atoms. The van der Waals surface area contributed by atoms with Crippen LogP contribution in [0.5, 0.6) is 5.75 Å². The first kappa shape index (κ1) is 15.6. The second-order valence-corrected chi connectivity index (χ2v) is 5.99. The minimum atomic E-state index is -0.141. The van der Waals surface area contributed by atoms with Crippen molar-refractivity contribution in [2.45, 2.75) is 26.9 Å². The summed E-state index contributed by atoms with van der Waals surface area (Å²) in [6.07, 6.45) is 0.0910. The molecule has 1 N–H and O–H groups in total. The van der Waals surface area contributed by atoms with Gasteiger partial charge in [-0.15, -0.1) is 0 Å². The minimum Gasteiger partial charge on any atom is -0.490 e. The number of carbonyl (C=O) groups excluding carboxylic acids is 1. The topological polar surface area (TPSA) is 38.3 Å². The molecule has 0 fully saturated rings. The van der Waals surface area contributed by atoms with Crippen LogP contribution in [0.1, 0.15) is 29.8 Å². The highest BCUT2D eigenvalue weighted by Gasteiger charge is 2.10. The van der Waals surface area contributed by atoms with Crippen molar-refractivity contribution in [1.29, 1.82) is 0 Å². The lowest BCUT2D eigenvalue weighted by Crippen LogP contribution is -2.12. The molecule has 0 radical (unpaired) electrons. The van der Waals surface area contributed by atoms with Crippen LogP contribution in [-0.2, 0) is 0 Å². The average molecular weight is 348 g/mol. The van der Waals surface area contributed by atoms with E-state index in [1.165, 1.54) is 0 Å². The van der Waals surface area contributed by atoms with E-state index >= 15 is 0 Å². The normalized spacial score (nSPS) is 10.5. The lowest BCUT2D eigenvalue weighted by Gasteiger charge is -2.12. The molecule has 0 heterocycles. The quantitative estimate of drug-likeness (QED) is 0.862. The van der Waals surface area contributed by atoms with Crippen LogP contribution < -0.4 is 10.1 Å². The first-order valence-electron chi connectivity index (χ1n) is 6.80. The van der Waals surface area contributed by atoms with E-state index in [0.717, 1.165) is 21.5 Å². The maximum absolute atomic E-state index is 12.2. The van der Waals surface area contributed by atoms with Gasteiger partial charge >= 0.3 is 0 Å². The van der Waals surface area contributed by atoms with E-state index in [4.69, 9.17) is 4.74 Å². The Hall–Kier alpha value is -1.81. The van der Waals surface area contributed by atoms with Gasteiger partial charge in [-0.3, -0.25) is 4.79 Å². The van der Waals surface area contributed by atoms with E-state index in [2.05, 4.69) is 21.2 Å². The third-order valence-electron chi connectivity index (χ3n) is 2.83. The van der Waals surface area contributed by atoms with Crippen molar-refractivity contribution >= 4 is 27.5 Å². The highest BCUT2D eigenvalue weighted by Crippen LogP contribution is 2.27. The van der Waals surface area contributed by atoms with Crippen LogP contribution in [0.4, 0.5) is 5.69 Å². The van der Waals surface area contributed by atoms with Crippen LogP contribution >= 0.6 is 15.9 Å². The molecule has 0 spiro atoms. The molecule has 2 rings (SSSR count). The molecule has 110 valence electrons. The molecular weight excluding hydrogens is 330 g/mol. The molecule has 0 aliphatic carbocycles. The van der Waals surface area contributed by atoms with Crippen molar-refractivity contribution in [2.75, 3.05) is 5.32 Å². The monoisotopic (exact) mass is 347 g/mol. The molecule has 0 unspecified atom stereocenters. The second kappa shape index (κ2) is 6.76. The smallest absolute Gasteiger partial charge is 0.255 e. The summed E-state index contributed by atoms with van der Waals surface area (Å²) in [5.74, 6) is 0.592. The maximum Gasteiger partial charge on any atom is 0.255 e. The summed E-state index contributed by atoms with van der Waals surface area (Å²) in [5.41, 5.74) is 2.48. The van der Waals surface area contributed by atoms with E-state index in [0.29, 0.717) is 5.56 Å². The Morgan fingerprint density at radius 3 is 2.57 bits per heavy atom. The molecule has 0 saturated carbocycles. The van der Waals surface area contributed by atoms with Crippen LogP contribution in [0.15, 0.2) is 46.9 Å². The van der Waals surface area contributed by atoms with E-state index in [9.17, 15) is 4.79 Å². The molecule has 0 aromatic heterocycles. The Morgan fingerprint density at radius 1 is 1.19 bits per heavy atom. The molecular formula is C17H18BrNO2. The van der Waals surface area contributed by atoms with Crippen molar-refractivity contribution in [3.63, 3.8) is 0 Å². The van der Waals surface area contributed by atoms with Gasteiger partial charge in [-0.1, -0.05) is 12.1 Å². The molecule has 0 aliphatic rings. The number of halogens is 1. The van der Waals surface area contributed by atoms with Gasteiger partial charge in [-0.25, -0.2) is 0 Å². The Morgan fingerprint density at radius 2 is 1.95 bits per heavy atom. The number of anilines is 1. The molecule has 2 aromatic rings. The van der Waals surface area contributed by atoms with Gasteiger partial charge in [0.2, 0.25) is 0 Å². The van der Waals surface area contributed by atoms with Crippen molar-refractivity contribution in [1.82, 2.24) is 0 Å². The zero-order valence-electron chi connectivity index (χ0n) is 12.3. The van der Waals surface area contributed by atoms with Crippen LogP contribution in [-0.4, -0.2) is 12.0 Å². The number of aryl methyl sites for hydroxylation is 1. The summed E-state index contributed by atoms with van der Waals surface area (Å²) >= 11 is 3.44. The predicted octanol–water partition coefficient (Wildman–Crippen LogP) is 4.80. The number of hydrogen-bond donors (Lipinski definition) is 1. The number of nitrogens with one attached hydrogen (secondary N) is 1. The van der Waals surface area contributed by atoms with Gasteiger partial charge in [0.05, 0.1) is 10.6 Å². The molecule has 3 nitrogen and oxygen atoms in total. The number of hydrogen-bond acceptors (Lipinski definition) is 2. The summed E-state index contributed by atoms with van der Waals surface area (Å²) in [6, 6.07) is 13.0. The van der Waals surface area contributed by atoms with Crippen LogP contribution in [0.3, 0.4) is 0 Å². The number of benzene rings is 2. The van der Waals surface area contributed by atoms with Crippen molar-refractivity contribution in [3.8, 4) is 5.75 Å². The zero-order valence-corrected chi connectivity index (χ0v) is 13.9. The van der Waals surface area contributed by atoms with E-state index in [1.54, 1.807) is 18.2 Å². The number of amides is 1. The van der Waals surface area contributed by atoms with Gasteiger partial charge in [-0.05, 0) is 72.6 Å². The fourth-order valence-electron chi connectivity index (χ4n) is 1.92. The second-order valence-electron chi connectivity index (χ2n) is 5.14. The first-order valence-corrected chi connectivity index (χ1v) is 7.59. The molecule has 1 amide bonds.